The van der Waals surface area contributed by atoms with Crippen LogP contribution in [-0.4, -0.2) is 31.9 Å². The number of hydrogen-bond donors (Lipinski definition) is 0. The van der Waals surface area contributed by atoms with Crippen LogP contribution in [0, 0.1) is 22.7 Å². The fourth-order valence-corrected chi connectivity index (χ4v) is 3.22. The molecule has 0 saturated heterocycles. The van der Waals surface area contributed by atoms with Crippen molar-refractivity contribution in [3.8, 4) is 12.1 Å². The largest absolute Gasteiger partial charge is 0.465 e. The topological polar surface area (TPSA) is 117 Å². The van der Waals surface area contributed by atoms with Gasteiger partial charge in [0, 0.05) is 16.5 Å². The van der Waals surface area contributed by atoms with Gasteiger partial charge in [-0.05, 0) is 10.9 Å². The summed E-state index contributed by atoms with van der Waals surface area (Å²) in [5, 5.41) is 20.4. The molecule has 0 N–H and O–H groups in total. The summed E-state index contributed by atoms with van der Waals surface area (Å²) in [6, 6.07) is 13.6. The lowest BCUT2D eigenvalue weighted by Crippen LogP contribution is -2.20. The van der Waals surface area contributed by atoms with E-state index in [-0.39, 0.29) is 11.1 Å². The Hall–Kier alpha value is -4.23. The first kappa shape index (κ1) is 18.6. The molecule has 0 amide bonds. The van der Waals surface area contributed by atoms with Gasteiger partial charge in [-0.2, -0.15) is 10.5 Å². The standard InChI is InChI=1S/C21H12N2O5/c1-27-20(25)15(10-23)18(21(26)28-2)17-12-7-3-5-11-6-4-8-13(16(11)12)19(24)14(17)9-22/h3-8H,1-2H3/b18-15-. The SMILES string of the molecule is COC(=O)/C(C#N)=C(\C(=O)OC)C1=C(C#N)C(=O)c2cccc3cccc1c23. The summed E-state index contributed by atoms with van der Waals surface area (Å²) in [6.45, 7) is 0. The van der Waals surface area contributed by atoms with Crippen molar-refractivity contribution in [1.29, 1.82) is 10.5 Å². The van der Waals surface area contributed by atoms with E-state index in [1.54, 1.807) is 42.5 Å². The van der Waals surface area contributed by atoms with E-state index in [1.807, 2.05) is 6.07 Å². The number of methoxy groups -OCH3 is 2. The Balaban J connectivity index is 2.54. The summed E-state index contributed by atoms with van der Waals surface area (Å²) in [6.07, 6.45) is 0. The quantitative estimate of drug-likeness (QED) is 0.461. The molecule has 0 aliphatic heterocycles. The highest BCUT2D eigenvalue weighted by atomic mass is 16.5. The molecule has 0 fully saturated rings. The zero-order valence-corrected chi connectivity index (χ0v) is 14.9. The van der Waals surface area contributed by atoms with Crippen LogP contribution in [-0.2, 0) is 19.1 Å². The average Bonchev–Trinajstić information content (AvgIpc) is 2.73. The van der Waals surface area contributed by atoms with Crippen molar-refractivity contribution in [1.82, 2.24) is 0 Å². The first-order chi connectivity index (χ1) is 13.5. The van der Waals surface area contributed by atoms with Crippen molar-refractivity contribution in [2.24, 2.45) is 0 Å². The summed E-state index contributed by atoms with van der Waals surface area (Å²) in [5.41, 5.74) is -0.936. The number of esters is 2. The zero-order valence-electron chi connectivity index (χ0n) is 14.9. The van der Waals surface area contributed by atoms with Crippen LogP contribution in [0.3, 0.4) is 0 Å². The van der Waals surface area contributed by atoms with E-state index < -0.39 is 28.9 Å². The summed E-state index contributed by atoms with van der Waals surface area (Å²) in [7, 11) is 2.12. The molecule has 0 spiro atoms. The highest BCUT2D eigenvalue weighted by Crippen LogP contribution is 2.41. The Morgan fingerprint density at radius 3 is 2.07 bits per heavy atom. The number of ether oxygens (including phenoxy) is 2. The minimum absolute atomic E-state index is 0.120. The van der Waals surface area contributed by atoms with Crippen LogP contribution in [0.5, 0.6) is 0 Å². The van der Waals surface area contributed by atoms with E-state index in [9.17, 15) is 24.9 Å². The van der Waals surface area contributed by atoms with Gasteiger partial charge in [0.15, 0.2) is 5.57 Å². The second kappa shape index (κ2) is 7.18. The monoisotopic (exact) mass is 372 g/mol. The van der Waals surface area contributed by atoms with Crippen molar-refractivity contribution >= 4 is 34.1 Å². The third-order valence-electron chi connectivity index (χ3n) is 4.40. The number of benzene rings is 2. The van der Waals surface area contributed by atoms with Gasteiger partial charge in [0.05, 0.1) is 19.8 Å². The molecule has 2 aromatic carbocycles. The summed E-state index contributed by atoms with van der Waals surface area (Å²) >= 11 is 0. The second-order valence-corrected chi connectivity index (χ2v) is 5.75. The molecular formula is C21H12N2O5. The molecule has 1 aliphatic rings. The van der Waals surface area contributed by atoms with E-state index in [2.05, 4.69) is 4.74 Å². The predicted octanol–water partition coefficient (Wildman–Crippen LogP) is 2.48. The average molecular weight is 372 g/mol. The molecule has 0 radical (unpaired) electrons. The summed E-state index contributed by atoms with van der Waals surface area (Å²) in [5.74, 6) is -2.72. The Bertz CT molecular complexity index is 1200. The molecule has 7 nitrogen and oxygen atoms in total. The third-order valence-corrected chi connectivity index (χ3v) is 4.40. The summed E-state index contributed by atoms with van der Waals surface area (Å²) < 4.78 is 9.33. The van der Waals surface area contributed by atoms with Crippen LogP contribution in [0.25, 0.3) is 16.3 Å². The van der Waals surface area contributed by atoms with Crippen LogP contribution in [0.1, 0.15) is 15.9 Å². The van der Waals surface area contributed by atoms with Crippen LogP contribution in [0.15, 0.2) is 53.1 Å². The molecule has 28 heavy (non-hydrogen) atoms. The molecule has 3 rings (SSSR count). The van der Waals surface area contributed by atoms with Crippen molar-refractivity contribution in [3.63, 3.8) is 0 Å². The fraction of sp³-hybridized carbons (Fsp3) is 0.0952. The number of nitriles is 2. The third kappa shape index (κ3) is 2.63. The van der Waals surface area contributed by atoms with Crippen molar-refractivity contribution in [3.05, 3.63) is 64.2 Å². The number of allylic oxidation sites excluding steroid dienone is 1. The number of nitrogens with zero attached hydrogens (tertiary/aromatic N) is 2. The predicted molar refractivity (Wildman–Crippen MR) is 97.5 cm³/mol. The minimum atomic E-state index is -1.08. The Morgan fingerprint density at radius 2 is 1.54 bits per heavy atom. The van der Waals surface area contributed by atoms with Gasteiger partial charge < -0.3 is 9.47 Å². The molecule has 2 aromatic rings. The molecular weight excluding hydrogens is 360 g/mol. The van der Waals surface area contributed by atoms with Gasteiger partial charge in [0.2, 0.25) is 5.78 Å². The number of carbonyl (C=O) groups excluding carboxylic acids is 3. The fourth-order valence-electron chi connectivity index (χ4n) is 3.22. The first-order valence-electron chi connectivity index (χ1n) is 8.02. The molecule has 0 heterocycles. The van der Waals surface area contributed by atoms with Crippen molar-refractivity contribution in [2.45, 2.75) is 0 Å². The Morgan fingerprint density at radius 1 is 0.929 bits per heavy atom. The van der Waals surface area contributed by atoms with Crippen LogP contribution in [0.2, 0.25) is 0 Å². The number of rotatable bonds is 3. The molecule has 136 valence electrons. The molecule has 7 heteroatoms. The first-order valence-corrected chi connectivity index (χ1v) is 8.02. The van der Waals surface area contributed by atoms with E-state index >= 15 is 0 Å². The lowest BCUT2D eigenvalue weighted by molar-refractivity contribution is -0.138. The van der Waals surface area contributed by atoms with E-state index in [1.165, 1.54) is 0 Å². The normalized spacial score (nSPS) is 13.4. The molecule has 0 aromatic heterocycles. The van der Waals surface area contributed by atoms with Gasteiger partial charge in [0.1, 0.15) is 17.7 Å². The molecule has 0 saturated carbocycles. The van der Waals surface area contributed by atoms with E-state index in [4.69, 9.17) is 4.74 Å². The maximum atomic E-state index is 13.0. The maximum absolute atomic E-state index is 13.0. The Kier molecular flexibility index (Phi) is 4.76. The molecule has 1 aliphatic carbocycles. The zero-order chi connectivity index (χ0) is 20.4. The van der Waals surface area contributed by atoms with Crippen LogP contribution < -0.4 is 0 Å². The van der Waals surface area contributed by atoms with Crippen LogP contribution in [0.4, 0.5) is 0 Å². The molecule has 0 unspecified atom stereocenters. The van der Waals surface area contributed by atoms with Gasteiger partial charge in [-0.25, -0.2) is 9.59 Å². The van der Waals surface area contributed by atoms with Gasteiger partial charge in [-0.1, -0.05) is 36.4 Å². The lowest BCUT2D eigenvalue weighted by atomic mass is 9.79. The van der Waals surface area contributed by atoms with Crippen molar-refractivity contribution in [2.75, 3.05) is 14.2 Å². The number of Topliss-reactive ketones (excluding diaryl/α,β-unsaturated/α-hetero) is 1. The lowest BCUT2D eigenvalue weighted by Gasteiger charge is -2.21. The van der Waals surface area contributed by atoms with E-state index in [0.717, 1.165) is 14.2 Å². The van der Waals surface area contributed by atoms with Crippen molar-refractivity contribution < 1.29 is 23.9 Å². The summed E-state index contributed by atoms with van der Waals surface area (Å²) in [4.78, 5) is 37.6. The van der Waals surface area contributed by atoms with Crippen LogP contribution >= 0.6 is 0 Å². The van der Waals surface area contributed by atoms with Gasteiger partial charge in [-0.3, -0.25) is 4.79 Å². The number of hydrogen-bond acceptors (Lipinski definition) is 7. The highest BCUT2D eigenvalue weighted by molar-refractivity contribution is 6.31. The Labute approximate surface area is 159 Å². The number of ketones is 1. The minimum Gasteiger partial charge on any atom is -0.465 e. The molecule has 0 bridgehead atoms. The second-order valence-electron chi connectivity index (χ2n) is 5.75. The highest BCUT2D eigenvalue weighted by Gasteiger charge is 2.35. The van der Waals surface area contributed by atoms with Gasteiger partial charge in [0.25, 0.3) is 0 Å². The maximum Gasteiger partial charge on any atom is 0.349 e. The van der Waals surface area contributed by atoms with Gasteiger partial charge >= 0.3 is 11.9 Å². The van der Waals surface area contributed by atoms with Gasteiger partial charge in [-0.15, -0.1) is 0 Å². The number of carbonyl (C=O) groups is 3. The smallest absolute Gasteiger partial charge is 0.349 e. The van der Waals surface area contributed by atoms with E-state index in [0.29, 0.717) is 21.9 Å². The molecule has 0 atom stereocenters.